The SMILES string of the molecule is CC(C)c1cnc2nnc(C3CCNC3)n2c1. The summed E-state index contributed by atoms with van der Waals surface area (Å²) in [5.74, 6) is 2.69. The fourth-order valence-electron chi connectivity index (χ4n) is 2.27. The van der Waals surface area contributed by atoms with Crippen molar-refractivity contribution < 1.29 is 0 Å². The highest BCUT2D eigenvalue weighted by Gasteiger charge is 2.22. The third-order valence-corrected chi connectivity index (χ3v) is 3.40. The fraction of sp³-hybridized carbons (Fsp3) is 0.583. The van der Waals surface area contributed by atoms with Crippen LogP contribution in [-0.4, -0.2) is 32.7 Å². The molecule has 3 rings (SSSR count). The maximum Gasteiger partial charge on any atom is 0.254 e. The second-order valence-electron chi connectivity index (χ2n) is 4.96. The Morgan fingerprint density at radius 2 is 2.29 bits per heavy atom. The Morgan fingerprint density at radius 1 is 1.41 bits per heavy atom. The Labute approximate surface area is 100 Å². The van der Waals surface area contributed by atoms with E-state index < -0.39 is 0 Å². The third-order valence-electron chi connectivity index (χ3n) is 3.40. The summed E-state index contributed by atoms with van der Waals surface area (Å²) in [4.78, 5) is 4.36. The van der Waals surface area contributed by atoms with Gasteiger partial charge in [-0.2, -0.15) is 0 Å². The number of aromatic nitrogens is 4. The van der Waals surface area contributed by atoms with Crippen LogP contribution in [0.3, 0.4) is 0 Å². The van der Waals surface area contributed by atoms with E-state index in [0.29, 0.717) is 17.6 Å². The van der Waals surface area contributed by atoms with Gasteiger partial charge in [-0.3, -0.25) is 4.40 Å². The molecule has 0 radical (unpaired) electrons. The van der Waals surface area contributed by atoms with E-state index in [1.54, 1.807) is 0 Å². The van der Waals surface area contributed by atoms with Crippen molar-refractivity contribution in [1.82, 2.24) is 24.9 Å². The molecule has 1 N–H and O–H groups in total. The average Bonchev–Trinajstić information content (AvgIpc) is 2.96. The largest absolute Gasteiger partial charge is 0.316 e. The Kier molecular flexibility index (Phi) is 2.55. The van der Waals surface area contributed by atoms with Gasteiger partial charge in [0.2, 0.25) is 0 Å². The van der Waals surface area contributed by atoms with Crippen LogP contribution in [0.15, 0.2) is 12.4 Å². The minimum Gasteiger partial charge on any atom is -0.316 e. The number of hydrogen-bond acceptors (Lipinski definition) is 4. The summed E-state index contributed by atoms with van der Waals surface area (Å²) in [7, 11) is 0. The Balaban J connectivity index is 2.08. The normalized spacial score (nSPS) is 20.5. The molecule has 0 amide bonds. The van der Waals surface area contributed by atoms with E-state index in [4.69, 9.17) is 0 Å². The highest BCUT2D eigenvalue weighted by molar-refractivity contribution is 5.31. The second kappa shape index (κ2) is 4.07. The van der Waals surface area contributed by atoms with Crippen LogP contribution in [0, 0.1) is 0 Å². The van der Waals surface area contributed by atoms with Gasteiger partial charge in [0, 0.05) is 24.9 Å². The Hall–Kier alpha value is -1.49. The molecule has 0 saturated carbocycles. The van der Waals surface area contributed by atoms with Crippen LogP contribution in [-0.2, 0) is 0 Å². The van der Waals surface area contributed by atoms with Crippen LogP contribution in [0.1, 0.15) is 43.5 Å². The van der Waals surface area contributed by atoms with Gasteiger partial charge < -0.3 is 5.32 Å². The first-order chi connectivity index (χ1) is 8.25. The minimum absolute atomic E-state index is 0.467. The molecule has 3 heterocycles. The van der Waals surface area contributed by atoms with Crippen molar-refractivity contribution in [3.63, 3.8) is 0 Å². The molecule has 17 heavy (non-hydrogen) atoms. The van der Waals surface area contributed by atoms with Crippen LogP contribution < -0.4 is 5.32 Å². The lowest BCUT2D eigenvalue weighted by atomic mass is 10.1. The molecular weight excluding hydrogens is 214 g/mol. The van der Waals surface area contributed by atoms with Gasteiger partial charge in [0.15, 0.2) is 0 Å². The first-order valence-corrected chi connectivity index (χ1v) is 6.17. The average molecular weight is 231 g/mol. The lowest BCUT2D eigenvalue weighted by molar-refractivity contribution is 0.688. The monoisotopic (exact) mass is 231 g/mol. The molecule has 0 aliphatic carbocycles. The predicted octanol–water partition coefficient (Wildman–Crippen LogP) is 1.32. The van der Waals surface area contributed by atoms with Gasteiger partial charge in [-0.1, -0.05) is 13.8 Å². The van der Waals surface area contributed by atoms with E-state index in [9.17, 15) is 0 Å². The summed E-state index contributed by atoms with van der Waals surface area (Å²) >= 11 is 0. The summed E-state index contributed by atoms with van der Waals surface area (Å²) in [6.45, 7) is 6.40. The molecule has 0 spiro atoms. The van der Waals surface area contributed by atoms with Gasteiger partial charge in [-0.15, -0.1) is 10.2 Å². The van der Waals surface area contributed by atoms with Crippen LogP contribution in [0.2, 0.25) is 0 Å². The van der Waals surface area contributed by atoms with Crippen molar-refractivity contribution in [1.29, 1.82) is 0 Å². The minimum atomic E-state index is 0.467. The molecule has 2 aromatic heterocycles. The molecule has 1 fully saturated rings. The zero-order chi connectivity index (χ0) is 11.8. The van der Waals surface area contributed by atoms with Crippen molar-refractivity contribution in [2.45, 2.75) is 32.1 Å². The van der Waals surface area contributed by atoms with E-state index in [-0.39, 0.29) is 0 Å². The van der Waals surface area contributed by atoms with Crippen molar-refractivity contribution in [2.75, 3.05) is 13.1 Å². The van der Waals surface area contributed by atoms with Crippen LogP contribution in [0.25, 0.3) is 5.78 Å². The van der Waals surface area contributed by atoms with E-state index in [1.807, 2.05) is 10.6 Å². The number of rotatable bonds is 2. The Morgan fingerprint density at radius 3 is 3.00 bits per heavy atom. The molecule has 0 bridgehead atoms. The lowest BCUT2D eigenvalue weighted by Crippen LogP contribution is -2.10. The first kappa shape index (κ1) is 10.7. The van der Waals surface area contributed by atoms with Crippen molar-refractivity contribution in [3.8, 4) is 0 Å². The number of nitrogens with zero attached hydrogens (tertiary/aromatic N) is 4. The maximum absolute atomic E-state index is 4.36. The molecule has 1 atom stereocenters. The standard InChI is InChI=1S/C12H17N5/c1-8(2)10-6-14-12-16-15-11(17(12)7-10)9-3-4-13-5-9/h6-9,13H,3-5H2,1-2H3. The topological polar surface area (TPSA) is 55.1 Å². The molecule has 0 aromatic carbocycles. The molecule has 5 heteroatoms. The van der Waals surface area contributed by atoms with Gasteiger partial charge in [-0.25, -0.2) is 4.98 Å². The summed E-state index contributed by atoms with van der Waals surface area (Å²) < 4.78 is 2.05. The quantitative estimate of drug-likeness (QED) is 0.847. The highest BCUT2D eigenvalue weighted by atomic mass is 15.3. The maximum atomic E-state index is 4.36. The predicted molar refractivity (Wildman–Crippen MR) is 65.1 cm³/mol. The van der Waals surface area contributed by atoms with Crippen molar-refractivity contribution in [3.05, 3.63) is 23.8 Å². The number of nitrogens with one attached hydrogen (secondary N) is 1. The van der Waals surface area contributed by atoms with E-state index >= 15 is 0 Å². The molecular formula is C12H17N5. The Bertz CT molecular complexity index is 525. The third kappa shape index (κ3) is 1.80. The number of fused-ring (bicyclic) bond motifs is 1. The number of hydrogen-bond donors (Lipinski definition) is 1. The molecule has 90 valence electrons. The van der Waals surface area contributed by atoms with Crippen molar-refractivity contribution >= 4 is 5.78 Å². The van der Waals surface area contributed by atoms with E-state index in [1.165, 1.54) is 5.56 Å². The van der Waals surface area contributed by atoms with Gasteiger partial charge in [0.1, 0.15) is 5.82 Å². The van der Waals surface area contributed by atoms with Crippen LogP contribution in [0.5, 0.6) is 0 Å². The van der Waals surface area contributed by atoms with Gasteiger partial charge in [-0.05, 0) is 24.4 Å². The summed E-state index contributed by atoms with van der Waals surface area (Å²) in [5, 5.41) is 11.8. The zero-order valence-corrected chi connectivity index (χ0v) is 10.2. The van der Waals surface area contributed by atoms with Crippen LogP contribution in [0.4, 0.5) is 0 Å². The molecule has 1 aliphatic rings. The molecule has 2 aromatic rings. The smallest absolute Gasteiger partial charge is 0.254 e. The summed E-state index contributed by atoms with van der Waals surface area (Å²) in [5.41, 5.74) is 1.23. The molecule has 1 aliphatic heterocycles. The van der Waals surface area contributed by atoms with Gasteiger partial charge in [0.05, 0.1) is 0 Å². The lowest BCUT2D eigenvalue weighted by Gasteiger charge is -2.08. The molecule has 1 unspecified atom stereocenters. The van der Waals surface area contributed by atoms with Gasteiger partial charge >= 0.3 is 0 Å². The first-order valence-electron chi connectivity index (χ1n) is 6.17. The highest BCUT2D eigenvalue weighted by Crippen LogP contribution is 2.22. The summed E-state index contributed by atoms with van der Waals surface area (Å²) in [6.07, 6.45) is 5.15. The van der Waals surface area contributed by atoms with E-state index in [2.05, 4.69) is 40.5 Å². The van der Waals surface area contributed by atoms with Crippen molar-refractivity contribution in [2.24, 2.45) is 0 Å². The second-order valence-corrected chi connectivity index (χ2v) is 4.96. The molecule has 5 nitrogen and oxygen atoms in total. The molecule has 1 saturated heterocycles. The fourth-order valence-corrected chi connectivity index (χ4v) is 2.27. The van der Waals surface area contributed by atoms with E-state index in [0.717, 1.165) is 25.3 Å². The summed E-state index contributed by atoms with van der Waals surface area (Å²) in [6, 6.07) is 0. The van der Waals surface area contributed by atoms with Gasteiger partial charge in [0.25, 0.3) is 5.78 Å². The van der Waals surface area contributed by atoms with Crippen LogP contribution >= 0.6 is 0 Å². The zero-order valence-electron chi connectivity index (χ0n) is 10.2.